The monoisotopic (exact) mass is 160 g/mol. The van der Waals surface area contributed by atoms with Gasteiger partial charge in [-0.3, -0.25) is 4.79 Å². The third-order valence-corrected chi connectivity index (χ3v) is 1.13. The van der Waals surface area contributed by atoms with Gasteiger partial charge in [-0.1, -0.05) is 6.92 Å². The molecular weight excluding hydrogens is 148 g/mol. The van der Waals surface area contributed by atoms with E-state index in [2.05, 4.69) is 0 Å². The summed E-state index contributed by atoms with van der Waals surface area (Å²) >= 11 is 0. The highest BCUT2D eigenvalue weighted by Crippen LogP contribution is 1.89. The Morgan fingerprint density at radius 2 is 2.09 bits per heavy atom. The van der Waals surface area contributed by atoms with Crippen molar-refractivity contribution in [3.05, 3.63) is 0 Å². The molecule has 5 nitrogen and oxygen atoms in total. The molecule has 0 radical (unpaired) electrons. The average Bonchev–Trinajstić information content (AvgIpc) is 1.86. The third kappa shape index (κ3) is 4.19. The second-order valence-electron chi connectivity index (χ2n) is 2.15. The van der Waals surface area contributed by atoms with Crippen LogP contribution < -0.4 is 5.73 Å². The SMILES string of the molecule is CCCN(CC(=O)O)C(N)=O. The van der Waals surface area contributed by atoms with Gasteiger partial charge in [0.15, 0.2) is 0 Å². The van der Waals surface area contributed by atoms with Crippen molar-refractivity contribution in [2.24, 2.45) is 5.73 Å². The van der Waals surface area contributed by atoms with Crippen molar-refractivity contribution in [1.29, 1.82) is 0 Å². The second-order valence-corrected chi connectivity index (χ2v) is 2.15. The third-order valence-electron chi connectivity index (χ3n) is 1.13. The summed E-state index contributed by atoms with van der Waals surface area (Å²) in [5.41, 5.74) is 4.89. The Bertz CT molecular complexity index is 158. The molecule has 0 atom stereocenters. The zero-order chi connectivity index (χ0) is 8.85. The van der Waals surface area contributed by atoms with Gasteiger partial charge < -0.3 is 15.7 Å². The van der Waals surface area contributed by atoms with E-state index in [9.17, 15) is 9.59 Å². The largest absolute Gasteiger partial charge is 0.480 e. The Morgan fingerprint density at radius 3 is 2.36 bits per heavy atom. The van der Waals surface area contributed by atoms with Crippen LogP contribution >= 0.6 is 0 Å². The molecule has 0 spiro atoms. The maximum atomic E-state index is 10.5. The molecule has 0 aromatic heterocycles. The molecule has 11 heavy (non-hydrogen) atoms. The van der Waals surface area contributed by atoms with Gasteiger partial charge in [-0.15, -0.1) is 0 Å². The Hall–Kier alpha value is -1.26. The first-order valence-corrected chi connectivity index (χ1v) is 3.34. The number of aliphatic carboxylic acids is 1. The maximum absolute atomic E-state index is 10.5. The van der Waals surface area contributed by atoms with Gasteiger partial charge in [-0.25, -0.2) is 4.79 Å². The van der Waals surface area contributed by atoms with Gasteiger partial charge in [0, 0.05) is 6.54 Å². The van der Waals surface area contributed by atoms with Crippen molar-refractivity contribution in [2.75, 3.05) is 13.1 Å². The Balaban J connectivity index is 3.89. The predicted molar refractivity (Wildman–Crippen MR) is 39.1 cm³/mol. The van der Waals surface area contributed by atoms with E-state index in [0.29, 0.717) is 13.0 Å². The first kappa shape index (κ1) is 9.74. The zero-order valence-electron chi connectivity index (χ0n) is 6.41. The number of carboxylic acids is 1. The molecule has 0 aliphatic heterocycles. The zero-order valence-corrected chi connectivity index (χ0v) is 6.41. The number of hydrogen-bond acceptors (Lipinski definition) is 2. The summed E-state index contributed by atoms with van der Waals surface area (Å²) in [6.07, 6.45) is 0.705. The van der Waals surface area contributed by atoms with Crippen LogP contribution in [0, 0.1) is 0 Å². The molecule has 2 amide bonds. The smallest absolute Gasteiger partial charge is 0.323 e. The number of carbonyl (C=O) groups excluding carboxylic acids is 1. The molecular formula is C6H12N2O3. The van der Waals surface area contributed by atoms with E-state index in [4.69, 9.17) is 10.8 Å². The number of nitrogens with zero attached hydrogens (tertiary/aromatic N) is 1. The van der Waals surface area contributed by atoms with E-state index >= 15 is 0 Å². The first-order chi connectivity index (χ1) is 5.07. The number of nitrogens with two attached hydrogens (primary N) is 1. The number of hydrogen-bond donors (Lipinski definition) is 2. The van der Waals surface area contributed by atoms with Gasteiger partial charge in [0.1, 0.15) is 6.54 Å². The van der Waals surface area contributed by atoms with Crippen molar-refractivity contribution in [3.63, 3.8) is 0 Å². The van der Waals surface area contributed by atoms with Gasteiger partial charge >= 0.3 is 12.0 Å². The summed E-state index contributed by atoms with van der Waals surface area (Å²) in [6, 6.07) is -0.686. The lowest BCUT2D eigenvalue weighted by Gasteiger charge is -2.16. The molecule has 0 aromatic rings. The van der Waals surface area contributed by atoms with Crippen molar-refractivity contribution in [2.45, 2.75) is 13.3 Å². The fraction of sp³-hybridized carbons (Fsp3) is 0.667. The van der Waals surface area contributed by atoms with Crippen molar-refractivity contribution in [1.82, 2.24) is 4.90 Å². The molecule has 0 saturated carbocycles. The molecule has 0 aromatic carbocycles. The highest BCUT2D eigenvalue weighted by Gasteiger charge is 2.11. The molecule has 0 aliphatic carbocycles. The number of urea groups is 1. The maximum Gasteiger partial charge on any atom is 0.323 e. The molecule has 64 valence electrons. The molecule has 5 heteroatoms. The summed E-state index contributed by atoms with van der Waals surface area (Å²) in [4.78, 5) is 21.7. The summed E-state index contributed by atoms with van der Waals surface area (Å²) in [7, 11) is 0. The second kappa shape index (κ2) is 4.54. The molecule has 0 heterocycles. The first-order valence-electron chi connectivity index (χ1n) is 3.34. The summed E-state index contributed by atoms with van der Waals surface area (Å²) in [5, 5.41) is 8.31. The highest BCUT2D eigenvalue weighted by molar-refractivity contribution is 5.78. The van der Waals surface area contributed by atoms with Crippen LogP contribution in [-0.4, -0.2) is 35.1 Å². The van der Waals surface area contributed by atoms with E-state index in [1.165, 1.54) is 0 Å². The van der Waals surface area contributed by atoms with Crippen LogP contribution in [0.15, 0.2) is 0 Å². The Kier molecular flexibility index (Phi) is 4.02. The van der Waals surface area contributed by atoms with Gasteiger partial charge in [-0.2, -0.15) is 0 Å². The van der Waals surface area contributed by atoms with Crippen LogP contribution in [0.2, 0.25) is 0 Å². The van der Waals surface area contributed by atoms with Crippen LogP contribution in [0.25, 0.3) is 0 Å². The molecule has 0 fully saturated rings. The van der Waals surface area contributed by atoms with Crippen LogP contribution in [0.4, 0.5) is 4.79 Å². The number of carboxylic acid groups (broad SMARTS) is 1. The number of rotatable bonds is 4. The lowest BCUT2D eigenvalue weighted by Crippen LogP contribution is -2.39. The lowest BCUT2D eigenvalue weighted by molar-refractivity contribution is -0.137. The van der Waals surface area contributed by atoms with Gasteiger partial charge in [0.05, 0.1) is 0 Å². The van der Waals surface area contributed by atoms with Crippen molar-refractivity contribution in [3.8, 4) is 0 Å². The minimum absolute atomic E-state index is 0.316. The number of primary amides is 1. The van der Waals surface area contributed by atoms with Crippen LogP contribution in [0.5, 0.6) is 0 Å². The van der Waals surface area contributed by atoms with Crippen molar-refractivity contribution >= 4 is 12.0 Å². The van der Waals surface area contributed by atoms with Gasteiger partial charge in [0.2, 0.25) is 0 Å². The predicted octanol–water partition coefficient (Wildman–Crippen LogP) is -0.138. The average molecular weight is 160 g/mol. The van der Waals surface area contributed by atoms with Crippen LogP contribution in [0.3, 0.4) is 0 Å². The molecule has 0 rings (SSSR count). The number of amides is 2. The van der Waals surface area contributed by atoms with Crippen LogP contribution in [0.1, 0.15) is 13.3 Å². The molecule has 0 aliphatic rings. The van der Waals surface area contributed by atoms with E-state index in [-0.39, 0.29) is 6.54 Å². The summed E-state index contributed by atoms with van der Waals surface area (Å²) in [5.74, 6) is -1.04. The fourth-order valence-corrected chi connectivity index (χ4v) is 0.700. The van der Waals surface area contributed by atoms with Gasteiger partial charge in [-0.05, 0) is 6.42 Å². The van der Waals surface area contributed by atoms with E-state index in [1.54, 1.807) is 0 Å². The minimum Gasteiger partial charge on any atom is -0.480 e. The summed E-state index contributed by atoms with van der Waals surface area (Å²) < 4.78 is 0. The van der Waals surface area contributed by atoms with Gasteiger partial charge in [0.25, 0.3) is 0 Å². The molecule has 3 N–H and O–H groups in total. The Labute approximate surface area is 64.8 Å². The molecule has 0 unspecified atom stereocenters. The Morgan fingerprint density at radius 1 is 1.55 bits per heavy atom. The lowest BCUT2D eigenvalue weighted by atomic mass is 10.4. The highest BCUT2D eigenvalue weighted by atomic mass is 16.4. The summed E-state index contributed by atoms with van der Waals surface area (Å²) in [6.45, 7) is 1.92. The number of carbonyl (C=O) groups is 2. The van der Waals surface area contributed by atoms with E-state index in [0.717, 1.165) is 4.90 Å². The normalized spacial score (nSPS) is 9.18. The minimum atomic E-state index is -1.04. The molecule has 0 saturated heterocycles. The quantitative estimate of drug-likeness (QED) is 0.600. The topological polar surface area (TPSA) is 83.6 Å². The van der Waals surface area contributed by atoms with Crippen LogP contribution in [-0.2, 0) is 4.79 Å². The standard InChI is InChI=1S/C6H12N2O3/c1-2-3-8(6(7)11)4-5(9)10/h2-4H2,1H3,(H2,7,11)(H,9,10). The van der Waals surface area contributed by atoms with Crippen molar-refractivity contribution < 1.29 is 14.7 Å². The fourth-order valence-electron chi connectivity index (χ4n) is 0.700. The van der Waals surface area contributed by atoms with E-state index in [1.807, 2.05) is 6.92 Å². The van der Waals surface area contributed by atoms with E-state index < -0.39 is 12.0 Å². The molecule has 0 bridgehead atoms.